The maximum absolute atomic E-state index is 4.35. The molecule has 1 N–H and O–H groups in total. The van der Waals surface area contributed by atoms with Gasteiger partial charge in [0.05, 0.1) is 0 Å². The fraction of sp³-hybridized carbons (Fsp3) is 0.273. The van der Waals surface area contributed by atoms with Crippen molar-refractivity contribution in [3.05, 3.63) is 36.5 Å². The second-order valence-electron chi connectivity index (χ2n) is 3.38. The molecule has 0 unspecified atom stereocenters. The second-order valence-corrected chi connectivity index (χ2v) is 3.38. The maximum Gasteiger partial charge on any atom is 0.243 e. The summed E-state index contributed by atoms with van der Waals surface area (Å²) in [6.45, 7) is 6.49. The van der Waals surface area contributed by atoms with Crippen LogP contribution in [0.1, 0.15) is 12.1 Å². The van der Waals surface area contributed by atoms with E-state index in [2.05, 4.69) is 22.0 Å². The lowest BCUT2D eigenvalue weighted by Crippen LogP contribution is -2.02. The number of hydrogen-bond donors (Lipinski definition) is 1. The minimum absolute atomic E-state index is 0.672. The standard InChI is InChI=1S/C11H14N4/c1-3-4-8-12-11-13-10-7-5-6-9(2)15(10)14-11/h3,5-7H,1,4,8H2,2H3,(H,12,14). The van der Waals surface area contributed by atoms with E-state index in [1.54, 1.807) is 0 Å². The summed E-state index contributed by atoms with van der Waals surface area (Å²) < 4.78 is 1.83. The number of nitrogens with one attached hydrogen (secondary N) is 1. The summed E-state index contributed by atoms with van der Waals surface area (Å²) in [6.07, 6.45) is 2.78. The van der Waals surface area contributed by atoms with Crippen LogP contribution in [0.5, 0.6) is 0 Å². The van der Waals surface area contributed by atoms with Crippen molar-refractivity contribution in [2.45, 2.75) is 13.3 Å². The van der Waals surface area contributed by atoms with Crippen LogP contribution in [-0.4, -0.2) is 21.1 Å². The lowest BCUT2D eigenvalue weighted by molar-refractivity contribution is 0.907. The largest absolute Gasteiger partial charge is 0.353 e. The highest BCUT2D eigenvalue weighted by Crippen LogP contribution is 2.07. The Kier molecular flexibility index (Phi) is 2.67. The number of hydrogen-bond acceptors (Lipinski definition) is 3. The van der Waals surface area contributed by atoms with E-state index in [0.29, 0.717) is 5.95 Å². The Morgan fingerprint density at radius 2 is 2.40 bits per heavy atom. The molecular weight excluding hydrogens is 188 g/mol. The molecule has 2 heterocycles. The van der Waals surface area contributed by atoms with Gasteiger partial charge in [0.1, 0.15) is 0 Å². The zero-order valence-corrected chi connectivity index (χ0v) is 8.77. The molecule has 0 spiro atoms. The molecule has 2 rings (SSSR count). The van der Waals surface area contributed by atoms with Crippen LogP contribution in [0.2, 0.25) is 0 Å². The molecule has 15 heavy (non-hydrogen) atoms. The highest BCUT2D eigenvalue weighted by Gasteiger charge is 2.02. The van der Waals surface area contributed by atoms with Gasteiger partial charge in [-0.05, 0) is 25.5 Å². The second kappa shape index (κ2) is 4.13. The highest BCUT2D eigenvalue weighted by atomic mass is 15.3. The van der Waals surface area contributed by atoms with Crippen molar-refractivity contribution in [1.82, 2.24) is 14.6 Å². The van der Waals surface area contributed by atoms with E-state index in [0.717, 1.165) is 24.3 Å². The first-order valence-corrected chi connectivity index (χ1v) is 4.98. The predicted molar refractivity (Wildman–Crippen MR) is 61.0 cm³/mol. The Morgan fingerprint density at radius 3 is 3.13 bits per heavy atom. The molecule has 0 atom stereocenters. The van der Waals surface area contributed by atoms with Crippen molar-refractivity contribution in [1.29, 1.82) is 0 Å². The number of nitrogens with zero attached hydrogens (tertiary/aromatic N) is 3. The van der Waals surface area contributed by atoms with E-state index in [1.807, 2.05) is 35.7 Å². The molecule has 0 bridgehead atoms. The molecule has 4 heteroatoms. The minimum Gasteiger partial charge on any atom is -0.353 e. The van der Waals surface area contributed by atoms with Crippen LogP contribution in [0, 0.1) is 6.92 Å². The Labute approximate surface area is 88.6 Å². The molecule has 2 aromatic rings. The van der Waals surface area contributed by atoms with E-state index >= 15 is 0 Å². The SMILES string of the molecule is C=CCCNc1nc2cccc(C)n2n1. The molecule has 78 valence electrons. The van der Waals surface area contributed by atoms with Gasteiger partial charge in [-0.1, -0.05) is 12.1 Å². The molecule has 2 aromatic heterocycles. The third-order valence-corrected chi connectivity index (χ3v) is 2.18. The molecule has 4 nitrogen and oxygen atoms in total. The monoisotopic (exact) mass is 202 g/mol. The average molecular weight is 202 g/mol. The van der Waals surface area contributed by atoms with Crippen molar-refractivity contribution < 1.29 is 0 Å². The van der Waals surface area contributed by atoms with Crippen molar-refractivity contribution in [3.63, 3.8) is 0 Å². The summed E-state index contributed by atoms with van der Waals surface area (Å²) in [7, 11) is 0. The molecular formula is C11H14N4. The Bertz CT molecular complexity index is 472. The Balaban J connectivity index is 2.23. The summed E-state index contributed by atoms with van der Waals surface area (Å²) in [5.41, 5.74) is 1.95. The maximum atomic E-state index is 4.35. The van der Waals surface area contributed by atoms with E-state index in [4.69, 9.17) is 0 Å². The van der Waals surface area contributed by atoms with Crippen LogP contribution >= 0.6 is 0 Å². The quantitative estimate of drug-likeness (QED) is 0.609. The number of fused-ring (bicyclic) bond motifs is 1. The minimum atomic E-state index is 0.672. The van der Waals surface area contributed by atoms with E-state index in [1.165, 1.54) is 0 Å². The summed E-state index contributed by atoms with van der Waals surface area (Å²) in [6, 6.07) is 5.93. The molecule has 0 aliphatic rings. The molecule has 0 aromatic carbocycles. The number of aryl methyl sites for hydroxylation is 1. The van der Waals surface area contributed by atoms with Gasteiger partial charge in [0, 0.05) is 12.2 Å². The topological polar surface area (TPSA) is 42.2 Å². The van der Waals surface area contributed by atoms with E-state index in [9.17, 15) is 0 Å². The molecule has 0 fully saturated rings. The zero-order chi connectivity index (χ0) is 10.7. The Morgan fingerprint density at radius 1 is 1.53 bits per heavy atom. The van der Waals surface area contributed by atoms with Gasteiger partial charge in [-0.3, -0.25) is 0 Å². The van der Waals surface area contributed by atoms with Gasteiger partial charge in [0.25, 0.3) is 0 Å². The first-order chi connectivity index (χ1) is 7.31. The van der Waals surface area contributed by atoms with Gasteiger partial charge in [-0.2, -0.15) is 4.98 Å². The van der Waals surface area contributed by atoms with Crippen LogP contribution in [0.4, 0.5) is 5.95 Å². The third-order valence-electron chi connectivity index (χ3n) is 2.18. The van der Waals surface area contributed by atoms with Gasteiger partial charge >= 0.3 is 0 Å². The zero-order valence-electron chi connectivity index (χ0n) is 8.77. The fourth-order valence-corrected chi connectivity index (χ4v) is 1.40. The molecule has 0 saturated carbocycles. The van der Waals surface area contributed by atoms with Crippen molar-refractivity contribution in [2.24, 2.45) is 0 Å². The van der Waals surface area contributed by atoms with Crippen molar-refractivity contribution >= 4 is 11.6 Å². The molecule has 0 aliphatic heterocycles. The highest BCUT2D eigenvalue weighted by molar-refractivity contribution is 5.44. The van der Waals surface area contributed by atoms with Crippen molar-refractivity contribution in [2.75, 3.05) is 11.9 Å². The summed E-state index contributed by atoms with van der Waals surface area (Å²) in [5, 5.41) is 7.49. The summed E-state index contributed by atoms with van der Waals surface area (Å²) >= 11 is 0. The van der Waals surface area contributed by atoms with Gasteiger partial charge in [-0.15, -0.1) is 11.7 Å². The summed E-state index contributed by atoms with van der Waals surface area (Å²) in [5.74, 6) is 0.672. The number of anilines is 1. The first kappa shape index (κ1) is 9.71. The lowest BCUT2D eigenvalue weighted by atomic mass is 10.4. The van der Waals surface area contributed by atoms with Crippen LogP contribution in [0.3, 0.4) is 0 Å². The van der Waals surface area contributed by atoms with Crippen LogP contribution in [0.15, 0.2) is 30.9 Å². The van der Waals surface area contributed by atoms with Gasteiger partial charge in [-0.25, -0.2) is 4.52 Å². The van der Waals surface area contributed by atoms with E-state index < -0.39 is 0 Å². The fourth-order valence-electron chi connectivity index (χ4n) is 1.40. The molecule has 0 saturated heterocycles. The van der Waals surface area contributed by atoms with Crippen molar-refractivity contribution in [3.8, 4) is 0 Å². The van der Waals surface area contributed by atoms with Crippen LogP contribution in [-0.2, 0) is 0 Å². The summed E-state index contributed by atoms with van der Waals surface area (Å²) in [4.78, 5) is 4.35. The van der Waals surface area contributed by atoms with Crippen LogP contribution in [0.25, 0.3) is 5.65 Å². The van der Waals surface area contributed by atoms with Gasteiger partial charge < -0.3 is 5.32 Å². The van der Waals surface area contributed by atoms with Gasteiger partial charge in [0.2, 0.25) is 5.95 Å². The first-order valence-electron chi connectivity index (χ1n) is 4.98. The smallest absolute Gasteiger partial charge is 0.243 e. The lowest BCUT2D eigenvalue weighted by Gasteiger charge is -1.96. The normalized spacial score (nSPS) is 10.5. The van der Waals surface area contributed by atoms with Crippen LogP contribution < -0.4 is 5.32 Å². The predicted octanol–water partition coefficient (Wildman–Crippen LogP) is 2.03. The third kappa shape index (κ3) is 1.98. The number of aromatic nitrogens is 3. The number of rotatable bonds is 4. The van der Waals surface area contributed by atoms with Gasteiger partial charge in [0.15, 0.2) is 5.65 Å². The van der Waals surface area contributed by atoms with E-state index in [-0.39, 0.29) is 0 Å². The Hall–Kier alpha value is -1.84. The molecule has 0 amide bonds. The molecule has 0 aliphatic carbocycles. The molecule has 0 radical (unpaired) electrons. The average Bonchev–Trinajstić information content (AvgIpc) is 2.63. The number of pyridine rings is 1.